The summed E-state index contributed by atoms with van der Waals surface area (Å²) in [5.41, 5.74) is 2.28. The van der Waals surface area contributed by atoms with Crippen LogP contribution in [0.4, 0.5) is 0 Å². The molecule has 1 aliphatic carbocycles. The average Bonchev–Trinajstić information content (AvgIpc) is 2.96. The van der Waals surface area contributed by atoms with E-state index in [0.717, 1.165) is 24.8 Å². The van der Waals surface area contributed by atoms with Gasteiger partial charge in [-0.05, 0) is 45.2 Å². The summed E-state index contributed by atoms with van der Waals surface area (Å²) in [7, 11) is 0. The summed E-state index contributed by atoms with van der Waals surface area (Å²) < 4.78 is 14.3. The zero-order valence-corrected chi connectivity index (χ0v) is 12.0. The van der Waals surface area contributed by atoms with Crippen molar-refractivity contribution >= 4 is 11.0 Å². The molecule has 106 valence electrons. The van der Waals surface area contributed by atoms with Crippen LogP contribution in [0.2, 0.25) is 0 Å². The summed E-state index contributed by atoms with van der Waals surface area (Å²) in [6.45, 7) is 4.01. The van der Waals surface area contributed by atoms with Crippen molar-refractivity contribution in [1.29, 1.82) is 0 Å². The number of benzene rings is 1. The van der Waals surface area contributed by atoms with Crippen molar-refractivity contribution in [2.75, 3.05) is 0 Å². The second-order valence-corrected chi connectivity index (χ2v) is 6.32. The van der Waals surface area contributed by atoms with Crippen LogP contribution in [0.5, 0.6) is 0 Å². The van der Waals surface area contributed by atoms with Gasteiger partial charge >= 0.3 is 0 Å². The largest absolute Gasteiger partial charge is 0.345 e. The topological polar surface area (TPSA) is 36.3 Å². The van der Waals surface area contributed by atoms with E-state index in [0.29, 0.717) is 6.04 Å². The molecule has 1 aromatic carbocycles. The molecule has 0 spiro atoms. The van der Waals surface area contributed by atoms with Crippen molar-refractivity contribution in [3.8, 4) is 0 Å². The summed E-state index contributed by atoms with van der Waals surface area (Å²) in [4.78, 5) is 4.50. The molecule has 0 amide bonds. The van der Waals surface area contributed by atoms with Crippen LogP contribution in [0.15, 0.2) is 30.6 Å². The van der Waals surface area contributed by atoms with Gasteiger partial charge in [0.25, 0.3) is 0 Å². The van der Waals surface area contributed by atoms with Crippen molar-refractivity contribution in [2.45, 2.75) is 57.1 Å². The maximum atomic E-state index is 6.04. The molecule has 20 heavy (non-hydrogen) atoms. The Morgan fingerprint density at radius 3 is 2.85 bits per heavy atom. The maximum absolute atomic E-state index is 6.04. The van der Waals surface area contributed by atoms with Gasteiger partial charge in [0.05, 0.1) is 29.6 Å². The van der Waals surface area contributed by atoms with Gasteiger partial charge in [-0.2, -0.15) is 0 Å². The Hall–Kier alpha value is -1.39. The van der Waals surface area contributed by atoms with Gasteiger partial charge in [0, 0.05) is 6.04 Å². The minimum absolute atomic E-state index is 0.213. The number of para-hydroxylation sites is 2. The smallest absolute Gasteiger partial charge is 0.163 e. The molecule has 1 saturated heterocycles. The first-order valence-corrected chi connectivity index (χ1v) is 7.40. The predicted octanol–water partition coefficient (Wildman–Crippen LogP) is 3.28. The summed E-state index contributed by atoms with van der Waals surface area (Å²) >= 11 is 0. The van der Waals surface area contributed by atoms with E-state index in [1.807, 2.05) is 26.2 Å². The predicted molar refractivity (Wildman–Crippen MR) is 76.4 cm³/mol. The fourth-order valence-corrected chi connectivity index (χ4v) is 3.62. The van der Waals surface area contributed by atoms with Gasteiger partial charge < -0.3 is 14.0 Å². The Kier molecular flexibility index (Phi) is 2.66. The molecule has 2 aliphatic rings. The number of imidazole rings is 1. The Morgan fingerprint density at radius 1 is 1.15 bits per heavy atom. The third-order valence-electron chi connectivity index (χ3n) is 4.45. The van der Waals surface area contributed by atoms with Gasteiger partial charge in [0.2, 0.25) is 0 Å². The minimum atomic E-state index is -0.429. The fourth-order valence-electron chi connectivity index (χ4n) is 3.62. The van der Waals surface area contributed by atoms with Crippen LogP contribution in [-0.4, -0.2) is 27.5 Å². The van der Waals surface area contributed by atoms with Crippen molar-refractivity contribution in [1.82, 2.24) is 9.55 Å². The van der Waals surface area contributed by atoms with E-state index in [-0.39, 0.29) is 12.2 Å². The van der Waals surface area contributed by atoms with Crippen LogP contribution in [0, 0.1) is 0 Å². The average molecular weight is 272 g/mol. The highest BCUT2D eigenvalue weighted by atomic mass is 16.7. The van der Waals surface area contributed by atoms with Crippen LogP contribution >= 0.6 is 0 Å². The minimum Gasteiger partial charge on any atom is -0.345 e. The lowest BCUT2D eigenvalue weighted by molar-refractivity contribution is -0.145. The van der Waals surface area contributed by atoms with Gasteiger partial charge in [0.15, 0.2) is 5.79 Å². The van der Waals surface area contributed by atoms with Crippen LogP contribution in [0.3, 0.4) is 0 Å². The van der Waals surface area contributed by atoms with Crippen LogP contribution in [-0.2, 0) is 9.47 Å². The molecule has 3 unspecified atom stereocenters. The Bertz CT molecular complexity index is 634. The Balaban J connectivity index is 1.62. The molecule has 1 aromatic heterocycles. The molecule has 4 nitrogen and oxygen atoms in total. The molecule has 1 saturated carbocycles. The molecule has 2 fully saturated rings. The molecular weight excluding hydrogens is 252 g/mol. The molecule has 4 heteroatoms. The summed E-state index contributed by atoms with van der Waals surface area (Å²) in [5.74, 6) is -0.429. The van der Waals surface area contributed by atoms with Gasteiger partial charge in [0.1, 0.15) is 0 Å². The first kappa shape index (κ1) is 12.4. The number of aromatic nitrogens is 2. The van der Waals surface area contributed by atoms with E-state index in [9.17, 15) is 0 Å². The summed E-state index contributed by atoms with van der Waals surface area (Å²) in [5, 5.41) is 0. The summed E-state index contributed by atoms with van der Waals surface area (Å²) in [6, 6.07) is 8.78. The zero-order valence-electron chi connectivity index (χ0n) is 12.0. The van der Waals surface area contributed by atoms with Gasteiger partial charge in [-0.1, -0.05) is 12.1 Å². The molecule has 1 aliphatic heterocycles. The highest BCUT2D eigenvalue weighted by molar-refractivity contribution is 5.75. The van der Waals surface area contributed by atoms with Crippen LogP contribution < -0.4 is 0 Å². The highest BCUT2D eigenvalue weighted by Gasteiger charge is 2.44. The Labute approximate surface area is 118 Å². The lowest BCUT2D eigenvalue weighted by Gasteiger charge is -2.30. The first-order valence-electron chi connectivity index (χ1n) is 7.40. The monoisotopic (exact) mass is 272 g/mol. The Morgan fingerprint density at radius 2 is 1.95 bits per heavy atom. The van der Waals surface area contributed by atoms with Gasteiger partial charge in [-0.25, -0.2) is 4.98 Å². The third-order valence-corrected chi connectivity index (χ3v) is 4.45. The molecular formula is C16H20N2O2. The molecule has 4 rings (SSSR count). The van der Waals surface area contributed by atoms with Crippen molar-refractivity contribution in [3.05, 3.63) is 30.6 Å². The lowest BCUT2D eigenvalue weighted by atomic mass is 9.90. The molecule has 0 N–H and O–H groups in total. The molecule has 2 aromatic rings. The molecule has 2 heterocycles. The quantitative estimate of drug-likeness (QED) is 0.799. The number of nitrogens with zero attached hydrogens (tertiary/aromatic N) is 2. The summed E-state index contributed by atoms with van der Waals surface area (Å²) in [6.07, 6.45) is 5.64. The number of fused-ring (bicyclic) bond motifs is 2. The number of ether oxygens (including phenoxy) is 2. The highest BCUT2D eigenvalue weighted by Crippen LogP contribution is 2.41. The SMILES string of the molecule is CC1(C)OC2CCC(n3cnc4ccccc43)CC2O1. The van der Waals surface area contributed by atoms with E-state index in [1.54, 1.807) is 0 Å². The third kappa shape index (κ3) is 1.95. The number of hydrogen-bond donors (Lipinski definition) is 0. The molecule has 3 atom stereocenters. The molecule has 0 bridgehead atoms. The lowest BCUT2D eigenvalue weighted by Crippen LogP contribution is -2.32. The van der Waals surface area contributed by atoms with Gasteiger partial charge in [-0.3, -0.25) is 0 Å². The molecule has 0 radical (unpaired) electrons. The van der Waals surface area contributed by atoms with Crippen LogP contribution in [0.25, 0.3) is 11.0 Å². The van der Waals surface area contributed by atoms with Crippen LogP contribution in [0.1, 0.15) is 39.2 Å². The first-order chi connectivity index (χ1) is 9.62. The van der Waals surface area contributed by atoms with Gasteiger partial charge in [-0.15, -0.1) is 0 Å². The van der Waals surface area contributed by atoms with E-state index in [2.05, 4.69) is 27.8 Å². The number of hydrogen-bond acceptors (Lipinski definition) is 3. The normalized spacial score (nSPS) is 32.4. The standard InChI is InChI=1S/C16H20N2O2/c1-16(2)19-14-8-7-11(9-15(14)20-16)18-10-17-12-5-3-4-6-13(12)18/h3-6,10-11,14-15H,7-9H2,1-2H3. The number of rotatable bonds is 1. The zero-order chi connectivity index (χ0) is 13.7. The van der Waals surface area contributed by atoms with Crippen molar-refractivity contribution in [2.24, 2.45) is 0 Å². The maximum Gasteiger partial charge on any atom is 0.163 e. The van der Waals surface area contributed by atoms with Crippen molar-refractivity contribution in [3.63, 3.8) is 0 Å². The fraction of sp³-hybridized carbons (Fsp3) is 0.562. The van der Waals surface area contributed by atoms with E-state index in [4.69, 9.17) is 9.47 Å². The van der Waals surface area contributed by atoms with E-state index >= 15 is 0 Å². The van der Waals surface area contributed by atoms with E-state index < -0.39 is 5.79 Å². The second kappa shape index (κ2) is 4.30. The van der Waals surface area contributed by atoms with E-state index in [1.165, 1.54) is 5.52 Å². The van der Waals surface area contributed by atoms with Crippen molar-refractivity contribution < 1.29 is 9.47 Å². The second-order valence-electron chi connectivity index (χ2n) is 6.32.